The molecule has 254 valence electrons. The molecule has 2 N–H and O–H groups in total. The third kappa shape index (κ3) is 7.64. The molecule has 5 rings (SSSR count). The van der Waals surface area contributed by atoms with Crippen molar-refractivity contribution < 1.29 is 23.1 Å². The minimum absolute atomic E-state index is 0.0228. The van der Waals surface area contributed by atoms with Crippen LogP contribution in [0.25, 0.3) is 11.3 Å². The van der Waals surface area contributed by atoms with Crippen LogP contribution >= 0.6 is 0 Å². The van der Waals surface area contributed by atoms with Gasteiger partial charge in [-0.2, -0.15) is 4.98 Å². The Balaban J connectivity index is 1.59. The average Bonchev–Trinajstić information content (AvgIpc) is 2.98. The molecule has 1 aliphatic heterocycles. The highest BCUT2D eigenvalue weighted by Gasteiger charge is 2.51. The summed E-state index contributed by atoms with van der Waals surface area (Å²) in [6, 6.07) is 15.0. The van der Waals surface area contributed by atoms with Crippen LogP contribution in [0.5, 0.6) is 5.88 Å². The molecular weight excluding hydrogens is 612 g/mol. The van der Waals surface area contributed by atoms with Crippen LogP contribution in [0.4, 0.5) is 5.95 Å². The number of aromatic nitrogens is 2. The van der Waals surface area contributed by atoms with E-state index in [-0.39, 0.29) is 45.5 Å². The summed E-state index contributed by atoms with van der Waals surface area (Å²) in [6.07, 6.45) is 4.15. The summed E-state index contributed by atoms with van der Waals surface area (Å²) in [6.45, 7) is 15.3. The molecule has 1 amide bonds. The van der Waals surface area contributed by atoms with E-state index in [1.54, 1.807) is 24.3 Å². The van der Waals surface area contributed by atoms with Crippen LogP contribution in [-0.4, -0.2) is 59.6 Å². The fourth-order valence-corrected chi connectivity index (χ4v) is 8.80. The molecule has 2 atom stereocenters. The second-order valence-corrected chi connectivity index (χ2v) is 16.6. The van der Waals surface area contributed by atoms with E-state index in [4.69, 9.17) is 4.74 Å². The maximum absolute atomic E-state index is 13.8. The molecule has 2 aliphatic rings. The zero-order valence-corrected chi connectivity index (χ0v) is 29.7. The number of fused-ring (bicyclic) bond motifs is 4. The summed E-state index contributed by atoms with van der Waals surface area (Å²) < 4.78 is 36.8. The summed E-state index contributed by atoms with van der Waals surface area (Å²) >= 11 is 0. The molecule has 0 radical (unpaired) electrons. The number of nitrogens with zero attached hydrogens (tertiary/aromatic N) is 3. The van der Waals surface area contributed by atoms with Crippen molar-refractivity contribution in [2.75, 3.05) is 24.5 Å². The van der Waals surface area contributed by atoms with Crippen molar-refractivity contribution in [3.63, 3.8) is 0 Å². The Morgan fingerprint density at radius 3 is 2.40 bits per heavy atom. The van der Waals surface area contributed by atoms with Gasteiger partial charge < -0.3 is 14.7 Å². The van der Waals surface area contributed by atoms with Crippen LogP contribution in [0.2, 0.25) is 0 Å². The predicted octanol–water partition coefficient (Wildman–Crippen LogP) is 6.88. The van der Waals surface area contributed by atoms with Gasteiger partial charge in [0.15, 0.2) is 0 Å². The zero-order chi connectivity index (χ0) is 34.1. The van der Waals surface area contributed by atoms with E-state index < -0.39 is 16.6 Å². The number of hydrogen-bond donors (Lipinski definition) is 2. The maximum Gasteiger partial charge on any atom is 0.264 e. The number of carbonyl (C=O) groups is 1. The van der Waals surface area contributed by atoms with E-state index in [9.17, 15) is 18.3 Å². The van der Waals surface area contributed by atoms with Crippen molar-refractivity contribution in [3.05, 3.63) is 65.2 Å². The van der Waals surface area contributed by atoms with Crippen LogP contribution in [0, 0.1) is 31.1 Å². The van der Waals surface area contributed by atoms with E-state index in [0.29, 0.717) is 24.7 Å². The summed E-state index contributed by atoms with van der Waals surface area (Å²) in [5.41, 5.74) is 4.05. The number of aliphatic hydroxyl groups excluding tert-OH is 1. The third-order valence-corrected chi connectivity index (χ3v) is 11.1. The lowest BCUT2D eigenvalue weighted by molar-refractivity contribution is -0.147. The molecule has 47 heavy (non-hydrogen) atoms. The van der Waals surface area contributed by atoms with Gasteiger partial charge in [0.25, 0.3) is 10.0 Å². The maximum atomic E-state index is 13.8. The van der Waals surface area contributed by atoms with Crippen LogP contribution in [0.1, 0.15) is 89.3 Å². The summed E-state index contributed by atoms with van der Waals surface area (Å²) in [7, 11) is -4.03. The van der Waals surface area contributed by atoms with Gasteiger partial charge in [-0.1, -0.05) is 64.4 Å². The summed E-state index contributed by atoms with van der Waals surface area (Å²) in [5, 5.41) is 9.79. The molecule has 2 aromatic carbocycles. The quantitative estimate of drug-likeness (QED) is 0.270. The number of ether oxygens (including phenoxy) is 1. The predicted molar refractivity (Wildman–Crippen MR) is 185 cm³/mol. The molecule has 1 aromatic heterocycles. The number of hydrogen-bond acceptors (Lipinski definition) is 7. The fraction of sp³-hybridized carbons (Fsp3) is 0.541. The van der Waals surface area contributed by atoms with E-state index >= 15 is 0 Å². The summed E-state index contributed by atoms with van der Waals surface area (Å²) in [5.74, 6) is 0.196. The highest BCUT2D eigenvalue weighted by atomic mass is 32.2. The smallest absolute Gasteiger partial charge is 0.264 e. The first-order valence-corrected chi connectivity index (χ1v) is 18.2. The minimum Gasteiger partial charge on any atom is -0.477 e. The number of aliphatic hydroxyl groups is 1. The van der Waals surface area contributed by atoms with Gasteiger partial charge in [0.05, 0.1) is 17.2 Å². The fourth-order valence-electron chi connectivity index (χ4n) is 7.80. The Hall–Kier alpha value is -3.50. The molecule has 0 spiro atoms. The molecule has 1 aliphatic carbocycles. The number of sulfonamides is 1. The average molecular weight is 663 g/mol. The molecule has 1 saturated carbocycles. The number of rotatable bonds is 8. The topological polar surface area (TPSA) is 122 Å². The van der Waals surface area contributed by atoms with Gasteiger partial charge in [-0.15, -0.1) is 0 Å². The van der Waals surface area contributed by atoms with Crippen LogP contribution in [0.15, 0.2) is 53.4 Å². The number of nitrogens with one attached hydrogen (secondary N) is 1. The molecule has 9 nitrogen and oxygen atoms in total. The first-order valence-electron chi connectivity index (χ1n) is 16.8. The van der Waals surface area contributed by atoms with Gasteiger partial charge >= 0.3 is 0 Å². The van der Waals surface area contributed by atoms with Crippen LogP contribution in [0.3, 0.4) is 0 Å². The molecular formula is C37H50N4O5S. The number of unbranched alkanes of at least 4 members (excludes halogenated alkanes) is 1. The van der Waals surface area contributed by atoms with E-state index in [1.165, 1.54) is 0 Å². The van der Waals surface area contributed by atoms with Crippen LogP contribution < -0.4 is 9.46 Å². The highest BCUT2D eigenvalue weighted by Crippen LogP contribution is 2.53. The third-order valence-electron chi connectivity index (χ3n) is 9.78. The van der Waals surface area contributed by atoms with E-state index in [0.717, 1.165) is 54.4 Å². The minimum atomic E-state index is -4.03. The Morgan fingerprint density at radius 1 is 1.09 bits per heavy atom. The first kappa shape index (κ1) is 34.8. The largest absolute Gasteiger partial charge is 0.477 e. The Bertz CT molecular complexity index is 1690. The second-order valence-electron chi connectivity index (χ2n) is 14.9. The normalized spacial score (nSPS) is 23.7. The molecule has 2 heterocycles. The highest BCUT2D eigenvalue weighted by molar-refractivity contribution is 7.92. The Kier molecular flexibility index (Phi) is 10.0. The lowest BCUT2D eigenvalue weighted by Gasteiger charge is -2.56. The van der Waals surface area contributed by atoms with Gasteiger partial charge in [0.1, 0.15) is 6.61 Å². The number of carbonyl (C=O) groups excluding carboxylic acids is 1. The van der Waals surface area contributed by atoms with Gasteiger partial charge in [0.2, 0.25) is 17.7 Å². The van der Waals surface area contributed by atoms with Gasteiger partial charge in [-0.25, -0.2) is 18.1 Å². The molecule has 10 heteroatoms. The molecule has 4 bridgehead atoms. The van der Waals surface area contributed by atoms with Crippen molar-refractivity contribution in [3.8, 4) is 17.1 Å². The van der Waals surface area contributed by atoms with Gasteiger partial charge in [-0.3, -0.25) is 4.79 Å². The number of amides is 1. The number of aryl methyl sites for hydroxylation is 2. The number of anilines is 1. The standard InChI is InChI=1S/C37H50N4O5S/c1-8-9-16-41(32(43)22-42)37(7)20-27(21-37)34-26-14-11-15-29(17-26)47(44,45)40-35-38-30(33-24(2)12-10-13-25(33)3)18-31(39-35)46-23-28(34)19-36(4,5)6/h10-15,17-18,27-28,34,42H,8-9,16,19-23H2,1-7H3,(H,38,39,40)/t27?,28-,34?,37?/m1/s1. The Labute approximate surface area is 280 Å². The SMILES string of the molecule is CCCCN(C(=O)CO)C1(C)CC(C2c3cccc(c3)S(=O)(=O)Nc3nc(cc(-c4c(C)cccc4C)n3)OC[C@H]2CC(C)(C)C)C1. The van der Waals surface area contributed by atoms with E-state index in [1.807, 2.05) is 43.0 Å². The van der Waals surface area contributed by atoms with E-state index in [2.05, 4.69) is 49.3 Å². The van der Waals surface area contributed by atoms with Crippen molar-refractivity contribution in [2.24, 2.45) is 17.3 Å². The monoisotopic (exact) mass is 662 g/mol. The molecule has 3 aromatic rings. The van der Waals surface area contributed by atoms with Crippen molar-refractivity contribution in [1.82, 2.24) is 14.9 Å². The van der Waals surface area contributed by atoms with Crippen molar-refractivity contribution >= 4 is 21.9 Å². The lowest BCUT2D eigenvalue weighted by Crippen LogP contribution is -2.60. The lowest BCUT2D eigenvalue weighted by atomic mass is 9.58. The van der Waals surface area contributed by atoms with Crippen LogP contribution in [-0.2, 0) is 14.8 Å². The zero-order valence-electron chi connectivity index (χ0n) is 28.8. The molecule has 1 fully saturated rings. The molecule has 1 unspecified atom stereocenters. The molecule has 0 saturated heterocycles. The number of benzene rings is 2. The van der Waals surface area contributed by atoms with Gasteiger partial charge in [0, 0.05) is 29.6 Å². The summed E-state index contributed by atoms with van der Waals surface area (Å²) in [4.78, 5) is 24.1. The Morgan fingerprint density at radius 2 is 1.77 bits per heavy atom. The second kappa shape index (κ2) is 13.5. The van der Waals surface area contributed by atoms with Crippen molar-refractivity contribution in [2.45, 2.75) is 96.9 Å². The van der Waals surface area contributed by atoms with Gasteiger partial charge in [-0.05, 0) is 92.5 Å². The first-order chi connectivity index (χ1) is 22.1. The van der Waals surface area contributed by atoms with Crippen molar-refractivity contribution in [1.29, 1.82) is 0 Å².